The fourth-order valence-electron chi connectivity index (χ4n) is 4.71. The zero-order valence-electron chi connectivity index (χ0n) is 19.9. The molecule has 0 saturated carbocycles. The second kappa shape index (κ2) is 10.0. The summed E-state index contributed by atoms with van der Waals surface area (Å²) in [5, 5.41) is 0.703. The smallest absolute Gasteiger partial charge is 0.227 e. The zero-order chi connectivity index (χ0) is 24.4. The summed E-state index contributed by atoms with van der Waals surface area (Å²) in [5.74, 6) is 2.53. The van der Waals surface area contributed by atoms with Gasteiger partial charge in [0.15, 0.2) is 11.5 Å². The van der Waals surface area contributed by atoms with Gasteiger partial charge < -0.3 is 18.9 Å². The number of benzene rings is 3. The first-order valence-corrected chi connectivity index (χ1v) is 12.2. The number of carbonyl (C=O) groups is 1. The van der Waals surface area contributed by atoms with Crippen LogP contribution in [0.1, 0.15) is 30.1 Å². The van der Waals surface area contributed by atoms with Gasteiger partial charge in [0, 0.05) is 36.1 Å². The van der Waals surface area contributed by atoms with Gasteiger partial charge in [0.05, 0.1) is 24.8 Å². The van der Waals surface area contributed by atoms with Gasteiger partial charge >= 0.3 is 0 Å². The molecule has 1 saturated heterocycles. The van der Waals surface area contributed by atoms with Crippen LogP contribution in [-0.4, -0.2) is 35.7 Å². The number of carbonyl (C=O) groups excluding carboxylic acids is 1. The molecule has 0 N–H and O–H groups in total. The van der Waals surface area contributed by atoms with Crippen molar-refractivity contribution >= 4 is 34.2 Å². The van der Waals surface area contributed by atoms with Crippen LogP contribution >= 0.6 is 11.6 Å². The molecule has 35 heavy (non-hydrogen) atoms. The molecular formula is C28H28ClN3O3. The van der Waals surface area contributed by atoms with Crippen molar-refractivity contribution in [1.82, 2.24) is 9.55 Å². The summed E-state index contributed by atoms with van der Waals surface area (Å²) in [6, 6.07) is 21.5. The fraction of sp³-hybridized carbons (Fsp3) is 0.286. The van der Waals surface area contributed by atoms with Gasteiger partial charge in [0.25, 0.3) is 0 Å². The van der Waals surface area contributed by atoms with Crippen LogP contribution in [0.15, 0.2) is 66.7 Å². The minimum absolute atomic E-state index is 0.0148. The van der Waals surface area contributed by atoms with Crippen LogP contribution in [-0.2, 0) is 11.3 Å². The number of rotatable bonds is 8. The zero-order valence-corrected chi connectivity index (χ0v) is 20.7. The number of nitrogens with zero attached hydrogens (tertiary/aromatic N) is 3. The highest BCUT2D eigenvalue weighted by Gasteiger charge is 2.35. The molecule has 1 fully saturated rings. The van der Waals surface area contributed by atoms with E-state index in [9.17, 15) is 4.79 Å². The van der Waals surface area contributed by atoms with E-state index in [1.807, 2.05) is 72.5 Å². The van der Waals surface area contributed by atoms with Crippen molar-refractivity contribution in [2.45, 2.75) is 32.2 Å². The Morgan fingerprint density at radius 1 is 1.06 bits per heavy atom. The molecule has 0 aliphatic carbocycles. The van der Waals surface area contributed by atoms with E-state index in [-0.39, 0.29) is 11.8 Å². The molecule has 4 aromatic rings. The van der Waals surface area contributed by atoms with Crippen molar-refractivity contribution in [3.05, 3.63) is 83.1 Å². The Hall–Kier alpha value is -3.51. The maximum atomic E-state index is 13.0. The molecule has 1 aliphatic heterocycles. The van der Waals surface area contributed by atoms with Crippen LogP contribution in [0.3, 0.4) is 0 Å². The Morgan fingerprint density at radius 3 is 2.63 bits per heavy atom. The van der Waals surface area contributed by atoms with Gasteiger partial charge in [0.1, 0.15) is 5.82 Å². The van der Waals surface area contributed by atoms with Gasteiger partial charge in [-0.05, 0) is 61.4 Å². The summed E-state index contributed by atoms with van der Waals surface area (Å²) in [6.07, 6.45) is 1.23. The summed E-state index contributed by atoms with van der Waals surface area (Å²) < 4.78 is 13.6. The number of para-hydroxylation sites is 4. The third-order valence-electron chi connectivity index (χ3n) is 6.48. The second-order valence-corrected chi connectivity index (χ2v) is 9.21. The number of aryl methyl sites for hydroxylation is 2. The summed E-state index contributed by atoms with van der Waals surface area (Å²) in [7, 11) is 1.64. The molecule has 0 bridgehead atoms. The minimum Gasteiger partial charge on any atom is -0.493 e. The van der Waals surface area contributed by atoms with Crippen molar-refractivity contribution in [3.8, 4) is 11.5 Å². The molecule has 0 unspecified atom stereocenters. The Bertz CT molecular complexity index is 1370. The summed E-state index contributed by atoms with van der Waals surface area (Å²) >= 11 is 6.20. The number of hydrogen-bond acceptors (Lipinski definition) is 4. The molecule has 180 valence electrons. The Kier molecular flexibility index (Phi) is 6.64. The third kappa shape index (κ3) is 4.71. The van der Waals surface area contributed by atoms with Crippen molar-refractivity contribution in [3.63, 3.8) is 0 Å². The van der Waals surface area contributed by atoms with Crippen LogP contribution in [0, 0.1) is 6.92 Å². The molecule has 1 atom stereocenters. The predicted octanol–water partition coefficient (Wildman–Crippen LogP) is 6.00. The van der Waals surface area contributed by atoms with E-state index in [2.05, 4.69) is 10.6 Å². The molecule has 6 nitrogen and oxygen atoms in total. The number of aromatic nitrogens is 2. The van der Waals surface area contributed by atoms with Gasteiger partial charge in [-0.1, -0.05) is 35.9 Å². The van der Waals surface area contributed by atoms with Crippen LogP contribution < -0.4 is 14.4 Å². The van der Waals surface area contributed by atoms with Crippen molar-refractivity contribution in [1.29, 1.82) is 0 Å². The van der Waals surface area contributed by atoms with E-state index in [1.54, 1.807) is 7.11 Å². The van der Waals surface area contributed by atoms with E-state index in [0.29, 0.717) is 24.6 Å². The molecule has 5 rings (SSSR count). The summed E-state index contributed by atoms with van der Waals surface area (Å²) in [6.45, 7) is 3.85. The lowest BCUT2D eigenvalue weighted by Crippen LogP contribution is -2.24. The number of hydrogen-bond donors (Lipinski definition) is 0. The Morgan fingerprint density at radius 2 is 1.83 bits per heavy atom. The number of halogens is 1. The molecule has 1 aromatic heterocycles. The van der Waals surface area contributed by atoms with Crippen molar-refractivity contribution < 1.29 is 14.3 Å². The standard InChI is InChI=1S/C28H28ClN3O3/c1-19-16-21(12-13-22(19)29)32-18-20(17-27(32)33)28-30-23-8-3-4-9-24(23)31(28)14-7-15-35-26-11-6-5-10-25(26)34-2/h3-6,8-13,16,20H,7,14-15,17-18H2,1-2H3/t20-/m0/s1. The average Bonchev–Trinajstić information content (AvgIpc) is 3.44. The van der Waals surface area contributed by atoms with Gasteiger partial charge in [-0.15, -0.1) is 0 Å². The lowest BCUT2D eigenvalue weighted by Gasteiger charge is -2.18. The highest BCUT2D eigenvalue weighted by molar-refractivity contribution is 6.31. The average molecular weight is 490 g/mol. The highest BCUT2D eigenvalue weighted by Crippen LogP contribution is 2.34. The summed E-state index contributed by atoms with van der Waals surface area (Å²) in [5.41, 5.74) is 3.87. The third-order valence-corrected chi connectivity index (χ3v) is 6.90. The Balaban J connectivity index is 1.35. The lowest BCUT2D eigenvalue weighted by molar-refractivity contribution is -0.117. The fourth-order valence-corrected chi connectivity index (χ4v) is 4.83. The van der Waals surface area contributed by atoms with Gasteiger partial charge in [0.2, 0.25) is 5.91 Å². The van der Waals surface area contributed by atoms with Crippen LogP contribution in [0.2, 0.25) is 5.02 Å². The summed E-state index contributed by atoms with van der Waals surface area (Å²) in [4.78, 5) is 19.8. The van der Waals surface area contributed by atoms with E-state index in [4.69, 9.17) is 26.1 Å². The van der Waals surface area contributed by atoms with E-state index in [1.165, 1.54) is 0 Å². The molecule has 7 heteroatoms. The molecule has 2 heterocycles. The molecule has 1 aliphatic rings. The number of anilines is 1. The van der Waals surface area contributed by atoms with E-state index in [0.717, 1.165) is 52.6 Å². The van der Waals surface area contributed by atoms with Crippen molar-refractivity contribution in [2.24, 2.45) is 0 Å². The highest BCUT2D eigenvalue weighted by atomic mass is 35.5. The molecule has 0 radical (unpaired) electrons. The van der Waals surface area contributed by atoms with Crippen LogP contribution in [0.25, 0.3) is 11.0 Å². The number of imidazole rings is 1. The topological polar surface area (TPSA) is 56.6 Å². The van der Waals surface area contributed by atoms with Crippen LogP contribution in [0.4, 0.5) is 5.69 Å². The van der Waals surface area contributed by atoms with E-state index < -0.39 is 0 Å². The second-order valence-electron chi connectivity index (χ2n) is 8.80. The van der Waals surface area contributed by atoms with E-state index >= 15 is 0 Å². The van der Waals surface area contributed by atoms with Crippen molar-refractivity contribution in [2.75, 3.05) is 25.2 Å². The van der Waals surface area contributed by atoms with Gasteiger partial charge in [-0.2, -0.15) is 0 Å². The predicted molar refractivity (Wildman–Crippen MR) is 139 cm³/mol. The number of methoxy groups -OCH3 is 1. The number of amides is 1. The molecular weight excluding hydrogens is 462 g/mol. The number of fused-ring (bicyclic) bond motifs is 1. The van der Waals surface area contributed by atoms with Gasteiger partial charge in [-0.25, -0.2) is 4.98 Å². The quantitative estimate of drug-likeness (QED) is 0.285. The molecule has 1 amide bonds. The largest absolute Gasteiger partial charge is 0.493 e. The lowest BCUT2D eigenvalue weighted by atomic mass is 10.1. The Labute approximate surface area is 210 Å². The maximum absolute atomic E-state index is 13.0. The molecule has 3 aromatic carbocycles. The number of ether oxygens (including phenoxy) is 2. The molecule has 0 spiro atoms. The maximum Gasteiger partial charge on any atom is 0.227 e. The van der Waals surface area contributed by atoms with Crippen LogP contribution in [0.5, 0.6) is 11.5 Å². The first-order chi connectivity index (χ1) is 17.0. The van der Waals surface area contributed by atoms with Gasteiger partial charge in [-0.3, -0.25) is 4.79 Å². The SMILES string of the molecule is COc1ccccc1OCCCn1c([C@H]2CC(=O)N(c3ccc(Cl)c(C)c3)C2)nc2ccccc21. The normalized spacial score (nSPS) is 15.7. The first-order valence-electron chi connectivity index (χ1n) is 11.8. The monoisotopic (exact) mass is 489 g/mol. The minimum atomic E-state index is 0.0148. The first kappa shape index (κ1) is 23.2.